The lowest BCUT2D eigenvalue weighted by atomic mass is 10.3. The van der Waals surface area contributed by atoms with Gasteiger partial charge in [0.15, 0.2) is 9.84 Å². The molecule has 2 rings (SSSR count). The van der Waals surface area contributed by atoms with Crippen molar-refractivity contribution < 1.29 is 13.3 Å². The third kappa shape index (κ3) is 3.10. The zero-order valence-electron chi connectivity index (χ0n) is 9.82. The van der Waals surface area contributed by atoms with Crippen LogP contribution in [0.15, 0.2) is 6.33 Å². The van der Waals surface area contributed by atoms with E-state index in [1.807, 2.05) is 0 Å². The van der Waals surface area contributed by atoms with Crippen LogP contribution in [0.3, 0.4) is 0 Å². The molecule has 0 spiro atoms. The van der Waals surface area contributed by atoms with E-state index in [0.29, 0.717) is 13.0 Å². The van der Waals surface area contributed by atoms with Gasteiger partial charge in [-0.15, -0.1) is 0 Å². The van der Waals surface area contributed by atoms with Crippen molar-refractivity contribution in [2.75, 3.05) is 29.5 Å². The van der Waals surface area contributed by atoms with Gasteiger partial charge < -0.3 is 4.90 Å². The first kappa shape index (κ1) is 13.9. The molecule has 0 aliphatic carbocycles. The largest absolute Gasteiger partial charge is 0.350 e. The lowest BCUT2D eigenvalue weighted by Crippen LogP contribution is -2.28. The second kappa shape index (κ2) is 5.25. The predicted molar refractivity (Wildman–Crippen MR) is 69.2 cm³/mol. The van der Waals surface area contributed by atoms with Gasteiger partial charge in [0, 0.05) is 13.1 Å². The van der Waals surface area contributed by atoms with Gasteiger partial charge in [-0.25, -0.2) is 18.4 Å². The summed E-state index contributed by atoms with van der Waals surface area (Å²) < 4.78 is 23.0. The zero-order valence-corrected chi connectivity index (χ0v) is 11.4. The lowest BCUT2D eigenvalue weighted by molar-refractivity contribution is -0.384. The van der Waals surface area contributed by atoms with Gasteiger partial charge in [-0.3, -0.25) is 10.1 Å². The molecule has 1 fully saturated rings. The Bertz CT molecular complexity index is 606. The highest BCUT2D eigenvalue weighted by Crippen LogP contribution is 2.31. The fourth-order valence-electron chi connectivity index (χ4n) is 1.89. The molecular formula is C9H11ClN4O4S. The second-order valence-corrected chi connectivity index (χ2v) is 6.75. The molecule has 0 unspecified atom stereocenters. The van der Waals surface area contributed by atoms with Crippen molar-refractivity contribution in [2.45, 2.75) is 6.42 Å². The molecule has 10 heteroatoms. The number of aromatic nitrogens is 2. The summed E-state index contributed by atoms with van der Waals surface area (Å²) in [6.07, 6.45) is 1.53. The molecule has 0 bridgehead atoms. The Morgan fingerprint density at radius 3 is 2.74 bits per heavy atom. The smallest absolute Gasteiger partial charge is 0.348 e. The average Bonchev–Trinajstić information content (AvgIpc) is 2.49. The molecule has 1 aliphatic rings. The SMILES string of the molecule is O=[N+]([O-])c1c(Cl)ncnc1N1CCCS(=O)(=O)CC1. The fraction of sp³-hybridized carbons (Fsp3) is 0.556. The van der Waals surface area contributed by atoms with Crippen LogP contribution in [0.2, 0.25) is 5.15 Å². The van der Waals surface area contributed by atoms with Crippen LogP contribution < -0.4 is 4.90 Å². The van der Waals surface area contributed by atoms with Crippen LogP contribution in [0.4, 0.5) is 11.5 Å². The van der Waals surface area contributed by atoms with E-state index in [1.54, 1.807) is 4.90 Å². The maximum Gasteiger partial charge on any atom is 0.348 e. The number of rotatable bonds is 2. The molecule has 1 aliphatic heterocycles. The molecule has 0 saturated carbocycles. The standard InChI is InChI=1S/C9H11ClN4O4S/c10-8-7(14(15)16)9(12-6-11-8)13-2-1-4-19(17,18)5-3-13/h6H,1-5H2. The van der Waals surface area contributed by atoms with Gasteiger partial charge in [0.1, 0.15) is 6.33 Å². The molecule has 0 N–H and O–H groups in total. The van der Waals surface area contributed by atoms with Gasteiger partial charge in [-0.05, 0) is 6.42 Å². The maximum absolute atomic E-state index is 11.5. The number of nitrogens with zero attached hydrogens (tertiary/aromatic N) is 4. The molecule has 1 saturated heterocycles. The molecule has 0 radical (unpaired) electrons. The Balaban J connectivity index is 2.37. The minimum Gasteiger partial charge on any atom is -0.350 e. The number of anilines is 1. The molecular weight excluding hydrogens is 296 g/mol. The van der Waals surface area contributed by atoms with Crippen molar-refractivity contribution in [1.29, 1.82) is 0 Å². The minimum atomic E-state index is -3.09. The van der Waals surface area contributed by atoms with E-state index in [0.717, 1.165) is 6.33 Å². The van der Waals surface area contributed by atoms with Crippen molar-refractivity contribution >= 4 is 32.9 Å². The summed E-state index contributed by atoms with van der Waals surface area (Å²) in [7, 11) is -3.09. The average molecular weight is 307 g/mol. The predicted octanol–water partition coefficient (Wildman–Crippen LogP) is 0.663. The van der Waals surface area contributed by atoms with E-state index in [2.05, 4.69) is 9.97 Å². The zero-order chi connectivity index (χ0) is 14.0. The van der Waals surface area contributed by atoms with Crippen LogP contribution in [-0.4, -0.2) is 47.9 Å². The Morgan fingerprint density at radius 1 is 1.32 bits per heavy atom. The van der Waals surface area contributed by atoms with Gasteiger partial charge in [-0.1, -0.05) is 11.6 Å². The Labute approximate surface area is 114 Å². The van der Waals surface area contributed by atoms with E-state index in [4.69, 9.17) is 11.6 Å². The number of hydrogen-bond acceptors (Lipinski definition) is 7. The molecule has 104 valence electrons. The van der Waals surface area contributed by atoms with Crippen LogP contribution in [0.25, 0.3) is 0 Å². The van der Waals surface area contributed by atoms with Crippen molar-refractivity contribution in [3.8, 4) is 0 Å². The first-order valence-electron chi connectivity index (χ1n) is 5.51. The van der Waals surface area contributed by atoms with Gasteiger partial charge in [0.25, 0.3) is 0 Å². The van der Waals surface area contributed by atoms with Crippen LogP contribution in [0.1, 0.15) is 6.42 Å². The molecule has 1 aromatic heterocycles. The third-order valence-electron chi connectivity index (χ3n) is 2.80. The fourth-order valence-corrected chi connectivity index (χ4v) is 3.36. The van der Waals surface area contributed by atoms with Crippen LogP contribution in [-0.2, 0) is 9.84 Å². The van der Waals surface area contributed by atoms with Gasteiger partial charge >= 0.3 is 5.69 Å². The van der Waals surface area contributed by atoms with Crippen LogP contribution >= 0.6 is 11.6 Å². The summed E-state index contributed by atoms with van der Waals surface area (Å²) >= 11 is 5.70. The van der Waals surface area contributed by atoms with Gasteiger partial charge in [0.05, 0.1) is 16.4 Å². The summed E-state index contributed by atoms with van der Waals surface area (Å²) in [6, 6.07) is 0. The Kier molecular flexibility index (Phi) is 3.85. The number of sulfone groups is 1. The maximum atomic E-state index is 11.5. The number of hydrogen-bond donors (Lipinski definition) is 0. The first-order valence-corrected chi connectivity index (χ1v) is 7.71. The summed E-state index contributed by atoms with van der Waals surface area (Å²) in [4.78, 5) is 19.3. The summed E-state index contributed by atoms with van der Waals surface area (Å²) in [5.41, 5.74) is -0.386. The second-order valence-electron chi connectivity index (χ2n) is 4.09. The lowest BCUT2D eigenvalue weighted by Gasteiger charge is -2.20. The topological polar surface area (TPSA) is 106 Å². The first-order chi connectivity index (χ1) is 8.91. The Hall–Kier alpha value is -1.48. The van der Waals surface area contributed by atoms with E-state index in [-0.39, 0.29) is 34.7 Å². The van der Waals surface area contributed by atoms with Crippen LogP contribution in [0, 0.1) is 10.1 Å². The monoisotopic (exact) mass is 306 g/mol. The van der Waals surface area contributed by atoms with E-state index < -0.39 is 14.8 Å². The Morgan fingerprint density at radius 2 is 2.05 bits per heavy atom. The van der Waals surface area contributed by atoms with Crippen molar-refractivity contribution in [2.24, 2.45) is 0 Å². The highest BCUT2D eigenvalue weighted by atomic mass is 35.5. The molecule has 2 heterocycles. The molecule has 19 heavy (non-hydrogen) atoms. The van der Waals surface area contributed by atoms with Crippen molar-refractivity contribution in [1.82, 2.24) is 9.97 Å². The number of halogens is 1. The van der Waals surface area contributed by atoms with E-state index in [1.165, 1.54) is 0 Å². The van der Waals surface area contributed by atoms with E-state index >= 15 is 0 Å². The van der Waals surface area contributed by atoms with Crippen LogP contribution in [0.5, 0.6) is 0 Å². The molecule has 8 nitrogen and oxygen atoms in total. The number of nitro groups is 1. The van der Waals surface area contributed by atoms with Gasteiger partial charge in [0.2, 0.25) is 11.0 Å². The van der Waals surface area contributed by atoms with Crippen molar-refractivity contribution in [3.63, 3.8) is 0 Å². The highest BCUT2D eigenvalue weighted by molar-refractivity contribution is 7.91. The molecule has 0 aromatic carbocycles. The normalized spacial score (nSPS) is 18.9. The summed E-state index contributed by atoms with van der Waals surface area (Å²) in [6.45, 7) is 0.546. The molecule has 1 aromatic rings. The van der Waals surface area contributed by atoms with E-state index in [9.17, 15) is 18.5 Å². The molecule has 0 amide bonds. The van der Waals surface area contributed by atoms with Crippen molar-refractivity contribution in [3.05, 3.63) is 21.6 Å². The van der Waals surface area contributed by atoms with Gasteiger partial charge in [-0.2, -0.15) is 0 Å². The summed E-state index contributed by atoms with van der Waals surface area (Å²) in [5, 5.41) is 10.7. The quantitative estimate of drug-likeness (QED) is 0.449. The highest BCUT2D eigenvalue weighted by Gasteiger charge is 2.28. The summed E-state index contributed by atoms with van der Waals surface area (Å²) in [5.74, 6) is 0.101. The molecule has 0 atom stereocenters. The minimum absolute atomic E-state index is 0.0498. The third-order valence-corrected chi connectivity index (χ3v) is 4.79.